The Hall–Kier alpha value is -3.89. The number of amides is 2. The van der Waals surface area contributed by atoms with E-state index in [1.54, 1.807) is 6.07 Å². The number of fused-ring (bicyclic) bond motifs is 1. The molecule has 164 valence electrons. The summed E-state index contributed by atoms with van der Waals surface area (Å²) in [5.74, 6) is -0.141. The van der Waals surface area contributed by atoms with Crippen LogP contribution in [0.15, 0.2) is 42.1 Å². The van der Waals surface area contributed by atoms with Gasteiger partial charge in [-0.05, 0) is 31.1 Å². The average molecular weight is 442 g/mol. The highest BCUT2D eigenvalue weighted by Crippen LogP contribution is 2.36. The standard InChI is InChI=1S/C21H17F3N6O2/c22-21(23,24)14-3-1-2-4-15(14)27-16-9-17(26-13-5-6-13)30-19(28-16)12(10-25-30)7-11-8-18(31)29-20(11)32/h1-4,7,9-10,13,26H,5-6,8H2,(H,27,28)(H,29,31,32). The van der Waals surface area contributed by atoms with Crippen LogP contribution < -0.4 is 16.0 Å². The number of aromatic nitrogens is 3. The van der Waals surface area contributed by atoms with E-state index in [0.29, 0.717) is 17.0 Å². The Bertz CT molecular complexity index is 1280. The van der Waals surface area contributed by atoms with E-state index in [-0.39, 0.29) is 29.5 Å². The van der Waals surface area contributed by atoms with Crippen molar-refractivity contribution in [3.8, 4) is 0 Å². The summed E-state index contributed by atoms with van der Waals surface area (Å²) in [4.78, 5) is 27.9. The van der Waals surface area contributed by atoms with Crippen molar-refractivity contribution in [1.82, 2.24) is 19.9 Å². The quantitative estimate of drug-likeness (QED) is 0.413. The van der Waals surface area contributed by atoms with Crippen LogP contribution in [0.4, 0.5) is 30.5 Å². The highest BCUT2D eigenvalue weighted by atomic mass is 19.4. The Labute approximate surface area is 179 Å². The third-order valence-electron chi connectivity index (χ3n) is 5.15. The zero-order chi connectivity index (χ0) is 22.5. The lowest BCUT2D eigenvalue weighted by molar-refractivity contribution is -0.137. The van der Waals surface area contributed by atoms with Gasteiger partial charge in [0, 0.05) is 23.2 Å². The van der Waals surface area contributed by atoms with Crippen molar-refractivity contribution in [3.05, 3.63) is 53.2 Å². The van der Waals surface area contributed by atoms with Crippen molar-refractivity contribution in [1.29, 1.82) is 0 Å². The molecule has 8 nitrogen and oxygen atoms in total. The van der Waals surface area contributed by atoms with Gasteiger partial charge in [-0.2, -0.15) is 22.8 Å². The van der Waals surface area contributed by atoms with E-state index in [1.165, 1.54) is 35.0 Å². The summed E-state index contributed by atoms with van der Waals surface area (Å²) in [6.07, 6.45) is 0.381. The number of benzene rings is 1. The van der Waals surface area contributed by atoms with Gasteiger partial charge in [-0.25, -0.2) is 4.98 Å². The second-order valence-electron chi connectivity index (χ2n) is 7.67. The molecule has 1 saturated heterocycles. The van der Waals surface area contributed by atoms with Crippen LogP contribution in [0, 0.1) is 0 Å². The number of nitrogens with one attached hydrogen (secondary N) is 3. The maximum Gasteiger partial charge on any atom is 0.418 e. The number of alkyl halides is 3. The fourth-order valence-corrected chi connectivity index (χ4v) is 3.47. The molecule has 0 radical (unpaired) electrons. The van der Waals surface area contributed by atoms with Gasteiger partial charge < -0.3 is 10.6 Å². The predicted molar refractivity (Wildman–Crippen MR) is 110 cm³/mol. The Balaban J connectivity index is 1.59. The molecule has 1 aliphatic heterocycles. The molecule has 1 saturated carbocycles. The Morgan fingerprint density at radius 1 is 1.19 bits per heavy atom. The third-order valence-corrected chi connectivity index (χ3v) is 5.15. The van der Waals surface area contributed by atoms with Crippen LogP contribution in [0.3, 0.4) is 0 Å². The molecule has 0 bridgehead atoms. The summed E-state index contributed by atoms with van der Waals surface area (Å²) in [5.41, 5.74) is 0.132. The molecule has 11 heteroatoms. The predicted octanol–water partition coefficient (Wildman–Crippen LogP) is 3.50. The minimum absolute atomic E-state index is 0.0553. The molecule has 2 fully saturated rings. The van der Waals surface area contributed by atoms with Gasteiger partial charge in [0.15, 0.2) is 5.65 Å². The zero-order valence-corrected chi connectivity index (χ0v) is 16.5. The van der Waals surface area contributed by atoms with Crippen molar-refractivity contribution in [2.75, 3.05) is 10.6 Å². The van der Waals surface area contributed by atoms with E-state index in [1.807, 2.05) is 0 Å². The fourth-order valence-electron chi connectivity index (χ4n) is 3.47. The molecule has 0 spiro atoms. The number of carbonyl (C=O) groups is 2. The van der Waals surface area contributed by atoms with Crippen molar-refractivity contribution >= 4 is 40.9 Å². The molecule has 3 heterocycles. The summed E-state index contributed by atoms with van der Waals surface area (Å²) in [7, 11) is 0. The van der Waals surface area contributed by atoms with Gasteiger partial charge in [0.2, 0.25) is 5.91 Å². The number of imide groups is 1. The molecule has 1 aromatic carbocycles. The molecule has 5 rings (SSSR count). The number of halogens is 3. The van der Waals surface area contributed by atoms with Crippen LogP contribution >= 0.6 is 0 Å². The third kappa shape index (κ3) is 3.88. The first-order valence-corrected chi connectivity index (χ1v) is 9.91. The first-order chi connectivity index (χ1) is 15.3. The SMILES string of the molecule is O=C1CC(=Cc2cnn3c(NC4CC4)cc(Nc4ccccc4C(F)(F)F)nc23)C(=O)N1. The lowest BCUT2D eigenvalue weighted by atomic mass is 10.1. The second-order valence-corrected chi connectivity index (χ2v) is 7.67. The lowest BCUT2D eigenvalue weighted by Gasteiger charge is -2.15. The largest absolute Gasteiger partial charge is 0.418 e. The van der Waals surface area contributed by atoms with Crippen molar-refractivity contribution < 1.29 is 22.8 Å². The molecule has 2 amide bonds. The number of carbonyl (C=O) groups excluding carboxylic acids is 2. The van der Waals surface area contributed by atoms with E-state index in [0.717, 1.165) is 18.9 Å². The first kappa shape index (κ1) is 20.0. The molecular weight excluding hydrogens is 425 g/mol. The van der Waals surface area contributed by atoms with Crippen LogP contribution in [0.1, 0.15) is 30.4 Å². The summed E-state index contributed by atoms with van der Waals surface area (Å²) in [5, 5.41) is 12.6. The fraction of sp³-hybridized carbons (Fsp3) is 0.238. The van der Waals surface area contributed by atoms with Crippen LogP contribution in [0.25, 0.3) is 11.7 Å². The van der Waals surface area contributed by atoms with Crippen molar-refractivity contribution in [2.24, 2.45) is 0 Å². The molecule has 3 N–H and O–H groups in total. The Morgan fingerprint density at radius 3 is 2.66 bits per heavy atom. The van der Waals surface area contributed by atoms with Gasteiger partial charge in [-0.15, -0.1) is 0 Å². The van der Waals surface area contributed by atoms with Crippen molar-refractivity contribution in [2.45, 2.75) is 31.5 Å². The van der Waals surface area contributed by atoms with Crippen LogP contribution in [0.2, 0.25) is 0 Å². The maximum atomic E-state index is 13.4. The topological polar surface area (TPSA) is 100 Å². The molecule has 0 atom stereocenters. The van der Waals surface area contributed by atoms with Gasteiger partial charge in [0.1, 0.15) is 11.6 Å². The Kier molecular flexibility index (Phi) is 4.61. The highest BCUT2D eigenvalue weighted by Gasteiger charge is 2.33. The zero-order valence-electron chi connectivity index (χ0n) is 16.5. The number of para-hydroxylation sites is 1. The lowest BCUT2D eigenvalue weighted by Crippen LogP contribution is -2.19. The van der Waals surface area contributed by atoms with Crippen LogP contribution in [0.5, 0.6) is 0 Å². The molecule has 2 aliphatic rings. The molecule has 32 heavy (non-hydrogen) atoms. The average Bonchev–Trinajstić information content (AvgIpc) is 3.36. The van der Waals surface area contributed by atoms with E-state index in [4.69, 9.17) is 0 Å². The van der Waals surface area contributed by atoms with Crippen LogP contribution in [-0.4, -0.2) is 32.5 Å². The van der Waals surface area contributed by atoms with Crippen molar-refractivity contribution in [3.63, 3.8) is 0 Å². The monoisotopic (exact) mass is 442 g/mol. The summed E-state index contributed by atoms with van der Waals surface area (Å²) < 4.78 is 41.8. The maximum absolute atomic E-state index is 13.4. The molecular formula is C21H17F3N6O2. The summed E-state index contributed by atoms with van der Waals surface area (Å²) in [6, 6.07) is 6.99. The molecule has 3 aromatic rings. The number of rotatable bonds is 5. The van der Waals surface area contributed by atoms with E-state index < -0.39 is 23.6 Å². The summed E-state index contributed by atoms with van der Waals surface area (Å²) >= 11 is 0. The van der Waals surface area contributed by atoms with E-state index in [9.17, 15) is 22.8 Å². The van der Waals surface area contributed by atoms with Gasteiger partial charge in [-0.1, -0.05) is 12.1 Å². The van der Waals surface area contributed by atoms with E-state index >= 15 is 0 Å². The van der Waals surface area contributed by atoms with Gasteiger partial charge in [0.25, 0.3) is 5.91 Å². The molecule has 0 unspecified atom stereocenters. The van der Waals surface area contributed by atoms with E-state index in [2.05, 4.69) is 26.0 Å². The number of hydrogen-bond acceptors (Lipinski definition) is 6. The normalized spacial score (nSPS) is 17.8. The minimum atomic E-state index is -4.53. The van der Waals surface area contributed by atoms with Gasteiger partial charge in [-0.3, -0.25) is 14.9 Å². The number of anilines is 3. The number of nitrogens with zero attached hydrogens (tertiary/aromatic N) is 3. The number of hydrogen-bond donors (Lipinski definition) is 3. The van der Waals surface area contributed by atoms with Gasteiger partial charge in [0.05, 0.1) is 23.9 Å². The second kappa shape index (κ2) is 7.36. The Morgan fingerprint density at radius 2 is 1.97 bits per heavy atom. The van der Waals surface area contributed by atoms with Crippen LogP contribution in [-0.2, 0) is 15.8 Å². The smallest absolute Gasteiger partial charge is 0.367 e. The molecule has 2 aromatic heterocycles. The molecule has 1 aliphatic carbocycles. The minimum Gasteiger partial charge on any atom is -0.367 e. The highest BCUT2D eigenvalue weighted by molar-refractivity contribution is 6.15. The first-order valence-electron chi connectivity index (χ1n) is 9.91. The van der Waals surface area contributed by atoms with Gasteiger partial charge >= 0.3 is 6.18 Å². The summed E-state index contributed by atoms with van der Waals surface area (Å²) in [6.45, 7) is 0.